The summed E-state index contributed by atoms with van der Waals surface area (Å²) < 4.78 is 13.3. The highest BCUT2D eigenvalue weighted by atomic mass is 19.1. The molecule has 0 aromatic heterocycles. The molecule has 0 spiro atoms. The lowest BCUT2D eigenvalue weighted by Crippen LogP contribution is -2.31. The van der Waals surface area contributed by atoms with Crippen molar-refractivity contribution in [2.75, 3.05) is 6.54 Å². The van der Waals surface area contributed by atoms with Gasteiger partial charge in [0.1, 0.15) is 5.82 Å². The predicted octanol–water partition coefficient (Wildman–Crippen LogP) is 4.17. The molecule has 0 amide bonds. The van der Waals surface area contributed by atoms with E-state index in [0.29, 0.717) is 5.92 Å². The van der Waals surface area contributed by atoms with Crippen LogP contribution >= 0.6 is 0 Å². The maximum Gasteiger partial charge on any atom is 0.123 e. The molecule has 106 valence electrons. The van der Waals surface area contributed by atoms with Gasteiger partial charge in [-0.2, -0.15) is 0 Å². The Bertz CT molecular complexity index is 383. The number of nitrogens with one attached hydrogen (secondary N) is 1. The average Bonchev–Trinajstić information content (AvgIpc) is 3.21. The second-order valence-corrected chi connectivity index (χ2v) is 5.85. The summed E-state index contributed by atoms with van der Waals surface area (Å²) in [7, 11) is 0. The summed E-state index contributed by atoms with van der Waals surface area (Å²) >= 11 is 0. The highest BCUT2D eigenvalue weighted by Crippen LogP contribution is 2.26. The SMILES string of the molecule is CCC(CC)C(CNC1CC1)Cc1cccc(F)c1. The molecule has 1 atom stereocenters. The smallest absolute Gasteiger partial charge is 0.123 e. The second kappa shape index (κ2) is 7.04. The van der Waals surface area contributed by atoms with Crippen LogP contribution in [-0.2, 0) is 6.42 Å². The van der Waals surface area contributed by atoms with Crippen LogP contribution in [0, 0.1) is 17.7 Å². The van der Waals surface area contributed by atoms with E-state index in [1.165, 1.54) is 31.7 Å². The third kappa shape index (κ3) is 4.61. The van der Waals surface area contributed by atoms with E-state index >= 15 is 0 Å². The van der Waals surface area contributed by atoms with Crippen molar-refractivity contribution in [1.29, 1.82) is 0 Å². The monoisotopic (exact) mass is 263 g/mol. The first kappa shape index (κ1) is 14.5. The molecule has 19 heavy (non-hydrogen) atoms. The Hall–Kier alpha value is -0.890. The van der Waals surface area contributed by atoms with Crippen LogP contribution in [0.5, 0.6) is 0 Å². The van der Waals surface area contributed by atoms with E-state index in [-0.39, 0.29) is 5.82 Å². The summed E-state index contributed by atoms with van der Waals surface area (Å²) in [6, 6.07) is 7.84. The van der Waals surface area contributed by atoms with Gasteiger partial charge in [0.05, 0.1) is 0 Å². The lowest BCUT2D eigenvalue weighted by Gasteiger charge is -2.26. The Morgan fingerprint density at radius 2 is 1.95 bits per heavy atom. The van der Waals surface area contributed by atoms with Gasteiger partial charge in [-0.05, 0) is 55.3 Å². The molecule has 1 fully saturated rings. The van der Waals surface area contributed by atoms with Gasteiger partial charge in [-0.3, -0.25) is 0 Å². The van der Waals surface area contributed by atoms with E-state index in [1.807, 2.05) is 6.07 Å². The van der Waals surface area contributed by atoms with Crippen LogP contribution in [0.3, 0.4) is 0 Å². The third-order valence-electron chi connectivity index (χ3n) is 4.35. The molecule has 1 aromatic carbocycles. The first-order valence-electron chi connectivity index (χ1n) is 7.70. The van der Waals surface area contributed by atoms with Crippen LogP contribution < -0.4 is 5.32 Å². The molecular formula is C17H26FN. The van der Waals surface area contributed by atoms with Crippen molar-refractivity contribution in [2.45, 2.75) is 52.0 Å². The van der Waals surface area contributed by atoms with Crippen molar-refractivity contribution in [1.82, 2.24) is 5.32 Å². The Kier molecular flexibility index (Phi) is 5.38. The van der Waals surface area contributed by atoms with Gasteiger partial charge < -0.3 is 5.32 Å². The molecule has 0 bridgehead atoms. The van der Waals surface area contributed by atoms with E-state index < -0.39 is 0 Å². The van der Waals surface area contributed by atoms with Gasteiger partial charge in [0.2, 0.25) is 0 Å². The summed E-state index contributed by atoms with van der Waals surface area (Å²) in [6.45, 7) is 5.61. The number of hydrogen-bond donors (Lipinski definition) is 1. The maximum absolute atomic E-state index is 13.3. The van der Waals surface area contributed by atoms with Crippen molar-refractivity contribution in [3.8, 4) is 0 Å². The average molecular weight is 263 g/mol. The number of benzene rings is 1. The maximum atomic E-state index is 13.3. The number of halogens is 1. The molecule has 1 aliphatic rings. The van der Waals surface area contributed by atoms with Crippen molar-refractivity contribution in [3.05, 3.63) is 35.6 Å². The van der Waals surface area contributed by atoms with Crippen molar-refractivity contribution in [2.24, 2.45) is 11.8 Å². The van der Waals surface area contributed by atoms with Crippen LogP contribution in [0.25, 0.3) is 0 Å². The van der Waals surface area contributed by atoms with Gasteiger partial charge >= 0.3 is 0 Å². The molecule has 0 radical (unpaired) electrons. The Morgan fingerprint density at radius 3 is 2.53 bits per heavy atom. The Labute approximate surface area is 116 Å². The predicted molar refractivity (Wildman–Crippen MR) is 78.7 cm³/mol. The summed E-state index contributed by atoms with van der Waals surface area (Å²) in [6.07, 6.45) is 6.07. The molecule has 2 rings (SSSR count). The lowest BCUT2D eigenvalue weighted by molar-refractivity contribution is 0.297. The zero-order valence-electron chi connectivity index (χ0n) is 12.2. The zero-order valence-corrected chi connectivity index (χ0v) is 12.2. The number of rotatable bonds is 8. The summed E-state index contributed by atoms with van der Waals surface area (Å²) in [5.41, 5.74) is 1.13. The van der Waals surface area contributed by atoms with Gasteiger partial charge in [-0.25, -0.2) is 4.39 Å². The van der Waals surface area contributed by atoms with Crippen molar-refractivity contribution >= 4 is 0 Å². The van der Waals surface area contributed by atoms with E-state index in [4.69, 9.17) is 0 Å². The quantitative estimate of drug-likeness (QED) is 0.742. The molecular weight excluding hydrogens is 237 g/mol. The summed E-state index contributed by atoms with van der Waals surface area (Å²) in [5.74, 6) is 1.24. The lowest BCUT2D eigenvalue weighted by atomic mass is 9.83. The fraction of sp³-hybridized carbons (Fsp3) is 0.647. The molecule has 0 heterocycles. The van der Waals surface area contributed by atoms with E-state index in [1.54, 1.807) is 6.07 Å². The standard InChI is InChI=1S/C17H26FN/c1-3-14(4-2)15(12-19-17-8-9-17)10-13-6-5-7-16(18)11-13/h5-7,11,14-15,17,19H,3-4,8-10,12H2,1-2H3. The Morgan fingerprint density at radius 1 is 1.21 bits per heavy atom. The molecule has 2 heteroatoms. The fourth-order valence-corrected chi connectivity index (χ4v) is 2.93. The highest BCUT2D eigenvalue weighted by molar-refractivity contribution is 5.17. The first-order valence-corrected chi connectivity index (χ1v) is 7.70. The molecule has 0 aliphatic heterocycles. The largest absolute Gasteiger partial charge is 0.314 e. The van der Waals surface area contributed by atoms with Gasteiger partial charge in [0.25, 0.3) is 0 Å². The normalized spacial score (nSPS) is 16.8. The molecule has 0 saturated heterocycles. The minimum absolute atomic E-state index is 0.115. The van der Waals surface area contributed by atoms with Gasteiger partial charge in [-0.15, -0.1) is 0 Å². The van der Waals surface area contributed by atoms with E-state index in [2.05, 4.69) is 25.2 Å². The second-order valence-electron chi connectivity index (χ2n) is 5.85. The summed E-state index contributed by atoms with van der Waals surface area (Å²) in [5, 5.41) is 3.65. The minimum Gasteiger partial charge on any atom is -0.314 e. The third-order valence-corrected chi connectivity index (χ3v) is 4.35. The van der Waals surface area contributed by atoms with Crippen LogP contribution in [0.15, 0.2) is 24.3 Å². The molecule has 1 saturated carbocycles. The van der Waals surface area contributed by atoms with Crippen LogP contribution in [-0.4, -0.2) is 12.6 Å². The van der Waals surface area contributed by atoms with Gasteiger partial charge in [0, 0.05) is 6.04 Å². The van der Waals surface area contributed by atoms with Crippen molar-refractivity contribution in [3.63, 3.8) is 0 Å². The molecule has 1 nitrogen and oxygen atoms in total. The van der Waals surface area contributed by atoms with Gasteiger partial charge in [0.15, 0.2) is 0 Å². The van der Waals surface area contributed by atoms with Crippen LogP contribution in [0.1, 0.15) is 45.1 Å². The van der Waals surface area contributed by atoms with E-state index in [9.17, 15) is 4.39 Å². The summed E-state index contributed by atoms with van der Waals surface area (Å²) in [4.78, 5) is 0. The van der Waals surface area contributed by atoms with Crippen LogP contribution in [0.4, 0.5) is 4.39 Å². The van der Waals surface area contributed by atoms with Crippen LogP contribution in [0.2, 0.25) is 0 Å². The highest BCUT2D eigenvalue weighted by Gasteiger charge is 2.24. The molecule has 1 unspecified atom stereocenters. The molecule has 1 aliphatic carbocycles. The zero-order chi connectivity index (χ0) is 13.7. The minimum atomic E-state index is -0.115. The number of hydrogen-bond acceptors (Lipinski definition) is 1. The van der Waals surface area contributed by atoms with E-state index in [0.717, 1.165) is 30.5 Å². The van der Waals surface area contributed by atoms with Crippen molar-refractivity contribution < 1.29 is 4.39 Å². The topological polar surface area (TPSA) is 12.0 Å². The first-order chi connectivity index (χ1) is 9.22. The molecule has 1 aromatic rings. The van der Waals surface area contributed by atoms with Gasteiger partial charge in [-0.1, -0.05) is 38.8 Å². The molecule has 1 N–H and O–H groups in total. The fourth-order valence-electron chi connectivity index (χ4n) is 2.93. The Balaban J connectivity index is 1.98.